The summed E-state index contributed by atoms with van der Waals surface area (Å²) in [6.45, 7) is 4.36. The molecule has 0 saturated heterocycles. The smallest absolute Gasteiger partial charge is 0.366 e. The second-order valence-corrected chi connectivity index (χ2v) is 5.94. The number of hydrogen-bond donors (Lipinski definition) is 0. The molecule has 0 aliphatic heterocycles. The first kappa shape index (κ1) is 19.0. The van der Waals surface area contributed by atoms with Gasteiger partial charge < -0.3 is 4.90 Å². The summed E-state index contributed by atoms with van der Waals surface area (Å²) in [7, 11) is 1.71. The zero-order valence-electron chi connectivity index (χ0n) is 14.4. The monoisotopic (exact) mass is 352 g/mol. The van der Waals surface area contributed by atoms with Gasteiger partial charge in [-0.2, -0.15) is 13.2 Å². The standard InChI is InChI=1S/C19H20F4N2/c1-4-25(3)12-24-18-11-16(19(21,22)23)15(10-17(18)20)9-14-7-5-13(2)6-8-14/h5-8,10-12H,4,9H2,1-3H3. The minimum absolute atomic E-state index is 0.00486. The molecule has 0 saturated carbocycles. The Balaban J connectivity index is 2.43. The van der Waals surface area contributed by atoms with E-state index >= 15 is 0 Å². The number of aryl methyl sites for hydroxylation is 1. The summed E-state index contributed by atoms with van der Waals surface area (Å²) in [5.41, 5.74) is 0.422. The molecule has 0 aliphatic rings. The van der Waals surface area contributed by atoms with Crippen LogP contribution in [-0.2, 0) is 12.6 Å². The maximum Gasteiger partial charge on any atom is 0.416 e. The first-order valence-corrected chi connectivity index (χ1v) is 7.90. The fourth-order valence-electron chi connectivity index (χ4n) is 2.28. The summed E-state index contributed by atoms with van der Waals surface area (Å²) in [6.07, 6.45) is -3.25. The molecular weight excluding hydrogens is 332 g/mol. The van der Waals surface area contributed by atoms with E-state index in [1.54, 1.807) is 24.1 Å². The Labute approximate surface area is 144 Å². The Kier molecular flexibility index (Phi) is 5.82. The van der Waals surface area contributed by atoms with Crippen molar-refractivity contribution < 1.29 is 17.6 Å². The van der Waals surface area contributed by atoms with Gasteiger partial charge >= 0.3 is 6.18 Å². The van der Waals surface area contributed by atoms with E-state index in [1.807, 2.05) is 26.0 Å². The number of benzene rings is 2. The average Bonchev–Trinajstić information content (AvgIpc) is 2.54. The van der Waals surface area contributed by atoms with E-state index in [9.17, 15) is 17.6 Å². The van der Waals surface area contributed by atoms with Gasteiger partial charge in [0.05, 0.1) is 11.9 Å². The Hall–Kier alpha value is -2.37. The predicted octanol–water partition coefficient (Wildman–Crippen LogP) is 5.36. The number of alkyl halides is 3. The molecule has 2 aromatic carbocycles. The van der Waals surface area contributed by atoms with Crippen molar-refractivity contribution in [2.24, 2.45) is 4.99 Å². The van der Waals surface area contributed by atoms with Crippen LogP contribution >= 0.6 is 0 Å². The van der Waals surface area contributed by atoms with E-state index in [1.165, 1.54) is 6.34 Å². The summed E-state index contributed by atoms with van der Waals surface area (Å²) in [5.74, 6) is -0.768. The van der Waals surface area contributed by atoms with Gasteiger partial charge in [0.1, 0.15) is 11.5 Å². The lowest BCUT2D eigenvalue weighted by Crippen LogP contribution is -2.14. The Morgan fingerprint density at radius 1 is 1.12 bits per heavy atom. The van der Waals surface area contributed by atoms with Crippen molar-refractivity contribution in [3.63, 3.8) is 0 Å². The summed E-state index contributed by atoms with van der Waals surface area (Å²) in [4.78, 5) is 5.48. The molecule has 0 bridgehead atoms. The van der Waals surface area contributed by atoms with Gasteiger partial charge in [0.25, 0.3) is 0 Å². The molecule has 0 aliphatic carbocycles. The van der Waals surface area contributed by atoms with Gasteiger partial charge in [-0.25, -0.2) is 9.38 Å². The molecule has 0 heterocycles. The van der Waals surface area contributed by atoms with Gasteiger partial charge in [-0.05, 0) is 43.5 Å². The van der Waals surface area contributed by atoms with Crippen molar-refractivity contribution in [1.29, 1.82) is 0 Å². The Morgan fingerprint density at radius 2 is 1.76 bits per heavy atom. The molecule has 25 heavy (non-hydrogen) atoms. The zero-order chi connectivity index (χ0) is 18.6. The van der Waals surface area contributed by atoms with Crippen molar-refractivity contribution in [3.8, 4) is 0 Å². The highest BCUT2D eigenvalue weighted by molar-refractivity contribution is 5.62. The van der Waals surface area contributed by atoms with Crippen LogP contribution in [0.2, 0.25) is 0 Å². The maximum absolute atomic E-state index is 14.2. The van der Waals surface area contributed by atoms with Crippen molar-refractivity contribution in [1.82, 2.24) is 4.90 Å². The second-order valence-electron chi connectivity index (χ2n) is 5.94. The van der Waals surface area contributed by atoms with Gasteiger partial charge in [0.2, 0.25) is 0 Å². The second kappa shape index (κ2) is 7.68. The van der Waals surface area contributed by atoms with Gasteiger partial charge in [-0.1, -0.05) is 29.8 Å². The summed E-state index contributed by atoms with van der Waals surface area (Å²) in [5, 5.41) is 0. The van der Waals surface area contributed by atoms with E-state index < -0.39 is 17.6 Å². The molecule has 0 atom stereocenters. The van der Waals surface area contributed by atoms with Crippen LogP contribution in [0.5, 0.6) is 0 Å². The summed E-state index contributed by atoms with van der Waals surface area (Å²) >= 11 is 0. The topological polar surface area (TPSA) is 15.6 Å². The van der Waals surface area contributed by atoms with Crippen molar-refractivity contribution in [3.05, 3.63) is 64.5 Å². The third-order valence-electron chi connectivity index (χ3n) is 3.89. The largest absolute Gasteiger partial charge is 0.416 e. The Bertz CT molecular complexity index is 749. The van der Waals surface area contributed by atoms with Crippen LogP contribution in [0.4, 0.5) is 23.2 Å². The third-order valence-corrected chi connectivity index (χ3v) is 3.89. The molecular formula is C19H20F4N2. The van der Waals surface area contributed by atoms with E-state index in [0.717, 1.165) is 17.7 Å². The molecule has 134 valence electrons. The van der Waals surface area contributed by atoms with Crippen LogP contribution in [0.15, 0.2) is 41.4 Å². The molecule has 2 aromatic rings. The minimum atomic E-state index is -4.57. The van der Waals surface area contributed by atoms with Crippen LogP contribution < -0.4 is 0 Å². The Morgan fingerprint density at radius 3 is 2.32 bits per heavy atom. The molecule has 0 radical (unpaired) electrons. The fourth-order valence-corrected chi connectivity index (χ4v) is 2.28. The number of aliphatic imine (C=N–C) groups is 1. The van der Waals surface area contributed by atoms with Gasteiger partial charge in [0.15, 0.2) is 0 Å². The molecule has 0 unspecified atom stereocenters. The molecule has 0 N–H and O–H groups in total. The lowest BCUT2D eigenvalue weighted by Gasteiger charge is -2.15. The van der Waals surface area contributed by atoms with Gasteiger partial charge in [-0.15, -0.1) is 0 Å². The summed E-state index contributed by atoms with van der Waals surface area (Å²) in [6, 6.07) is 8.84. The number of rotatable bonds is 5. The van der Waals surface area contributed by atoms with E-state index in [2.05, 4.69) is 4.99 Å². The number of halogens is 4. The quantitative estimate of drug-likeness (QED) is 0.402. The van der Waals surface area contributed by atoms with Crippen molar-refractivity contribution >= 4 is 12.0 Å². The lowest BCUT2D eigenvalue weighted by molar-refractivity contribution is -0.138. The molecule has 0 fully saturated rings. The van der Waals surface area contributed by atoms with Crippen molar-refractivity contribution in [2.75, 3.05) is 13.6 Å². The van der Waals surface area contributed by atoms with Crippen LogP contribution in [0, 0.1) is 12.7 Å². The molecule has 2 nitrogen and oxygen atoms in total. The first-order chi connectivity index (χ1) is 11.7. The lowest BCUT2D eigenvalue weighted by atomic mass is 9.98. The van der Waals surface area contributed by atoms with E-state index in [-0.39, 0.29) is 17.7 Å². The van der Waals surface area contributed by atoms with Crippen LogP contribution in [0.25, 0.3) is 0 Å². The van der Waals surface area contributed by atoms with Crippen LogP contribution in [0.1, 0.15) is 29.2 Å². The highest BCUT2D eigenvalue weighted by Crippen LogP contribution is 2.36. The highest BCUT2D eigenvalue weighted by Gasteiger charge is 2.34. The zero-order valence-corrected chi connectivity index (χ0v) is 14.4. The average molecular weight is 352 g/mol. The molecule has 0 spiro atoms. The molecule has 6 heteroatoms. The third kappa shape index (κ3) is 5.05. The van der Waals surface area contributed by atoms with Gasteiger partial charge in [-0.3, -0.25) is 0 Å². The van der Waals surface area contributed by atoms with Gasteiger partial charge in [0, 0.05) is 13.6 Å². The molecule has 2 rings (SSSR count). The molecule has 0 amide bonds. The molecule has 0 aromatic heterocycles. The van der Waals surface area contributed by atoms with Crippen molar-refractivity contribution in [2.45, 2.75) is 26.4 Å². The summed E-state index contributed by atoms with van der Waals surface area (Å²) < 4.78 is 54.5. The van der Waals surface area contributed by atoms with E-state index in [0.29, 0.717) is 12.1 Å². The van der Waals surface area contributed by atoms with Crippen LogP contribution in [-0.4, -0.2) is 24.8 Å². The predicted molar refractivity (Wildman–Crippen MR) is 91.8 cm³/mol. The highest BCUT2D eigenvalue weighted by atomic mass is 19.4. The number of hydrogen-bond acceptors (Lipinski definition) is 1. The fraction of sp³-hybridized carbons (Fsp3) is 0.316. The minimum Gasteiger partial charge on any atom is -0.366 e. The number of nitrogens with zero attached hydrogens (tertiary/aromatic N) is 2. The first-order valence-electron chi connectivity index (χ1n) is 7.90. The van der Waals surface area contributed by atoms with Crippen LogP contribution in [0.3, 0.4) is 0 Å². The van der Waals surface area contributed by atoms with E-state index in [4.69, 9.17) is 0 Å². The normalized spacial score (nSPS) is 12.0. The SMILES string of the molecule is CCN(C)C=Nc1cc(C(F)(F)F)c(Cc2ccc(C)cc2)cc1F. The maximum atomic E-state index is 14.2.